The molecular weight excluding hydrogens is 372 g/mol. The summed E-state index contributed by atoms with van der Waals surface area (Å²) in [6.45, 7) is 3.76. The zero-order valence-corrected chi connectivity index (χ0v) is 15.5. The van der Waals surface area contributed by atoms with Crippen LogP contribution in [0.3, 0.4) is 0 Å². The van der Waals surface area contributed by atoms with Crippen molar-refractivity contribution in [3.8, 4) is 0 Å². The maximum atomic E-state index is 12.4. The zero-order valence-electron chi connectivity index (χ0n) is 12.3. The van der Waals surface area contributed by atoms with Crippen molar-refractivity contribution in [2.45, 2.75) is 18.1 Å². The fourth-order valence-electron chi connectivity index (χ4n) is 1.80. The third-order valence-electron chi connectivity index (χ3n) is 3.07. The van der Waals surface area contributed by atoms with E-state index in [1.54, 1.807) is 12.1 Å². The second kappa shape index (κ2) is 5.98. The first-order valence-electron chi connectivity index (χ1n) is 6.27. The topological polar surface area (TPSA) is 49.4 Å². The highest BCUT2D eigenvalue weighted by Gasteiger charge is 2.19. The molecule has 0 aliphatic heterocycles. The maximum Gasteiger partial charge on any atom is 0.271 e. The number of benzene rings is 1. The first kappa shape index (κ1) is 16.3. The lowest BCUT2D eigenvalue weighted by molar-refractivity contribution is 0.603. The van der Waals surface area contributed by atoms with E-state index in [4.69, 9.17) is 0 Å². The Kier molecular flexibility index (Phi) is 4.65. The van der Waals surface area contributed by atoms with Crippen LogP contribution in [-0.4, -0.2) is 22.5 Å². The average Bonchev–Trinajstić information content (AvgIpc) is 2.72. The minimum atomic E-state index is -3.55. The number of halogens is 1. The number of sulfonamides is 1. The number of hydrogen-bond acceptors (Lipinski definition) is 4. The average molecular weight is 389 g/mol. The molecule has 1 N–H and O–H groups in total. The molecule has 0 saturated heterocycles. The van der Waals surface area contributed by atoms with Crippen LogP contribution in [0.4, 0.5) is 11.4 Å². The van der Waals surface area contributed by atoms with E-state index < -0.39 is 10.0 Å². The van der Waals surface area contributed by atoms with Crippen LogP contribution in [0.1, 0.15) is 11.1 Å². The molecule has 0 saturated carbocycles. The lowest BCUT2D eigenvalue weighted by Crippen LogP contribution is -2.13. The molecule has 0 aliphatic carbocycles. The van der Waals surface area contributed by atoms with Crippen LogP contribution < -0.4 is 9.62 Å². The van der Waals surface area contributed by atoms with Crippen LogP contribution in [0, 0.1) is 13.8 Å². The van der Waals surface area contributed by atoms with E-state index >= 15 is 0 Å². The second-order valence-electron chi connectivity index (χ2n) is 5.02. The number of thiophene rings is 1. The summed E-state index contributed by atoms with van der Waals surface area (Å²) >= 11 is 4.57. The largest absolute Gasteiger partial charge is 0.378 e. The van der Waals surface area contributed by atoms with E-state index in [0.717, 1.165) is 20.6 Å². The van der Waals surface area contributed by atoms with Crippen LogP contribution in [0.5, 0.6) is 0 Å². The van der Waals surface area contributed by atoms with Gasteiger partial charge < -0.3 is 4.90 Å². The summed E-state index contributed by atoms with van der Waals surface area (Å²) < 4.78 is 28.6. The molecule has 4 nitrogen and oxygen atoms in total. The molecule has 0 aliphatic rings. The third kappa shape index (κ3) is 3.59. The first-order chi connectivity index (χ1) is 9.70. The summed E-state index contributed by atoms with van der Waals surface area (Å²) in [6, 6.07) is 7.30. The fourth-order valence-corrected chi connectivity index (χ4v) is 5.16. The molecule has 0 bridgehead atoms. The summed E-state index contributed by atoms with van der Waals surface area (Å²) in [7, 11) is 0.352. The van der Waals surface area contributed by atoms with Crippen molar-refractivity contribution >= 4 is 48.7 Å². The molecule has 0 fully saturated rings. The Balaban J connectivity index is 2.33. The van der Waals surface area contributed by atoms with E-state index in [9.17, 15) is 8.42 Å². The lowest BCUT2D eigenvalue weighted by Gasteiger charge is -2.15. The Morgan fingerprint density at radius 1 is 1.14 bits per heavy atom. The van der Waals surface area contributed by atoms with E-state index in [1.165, 1.54) is 11.3 Å². The van der Waals surface area contributed by atoms with Crippen LogP contribution in [-0.2, 0) is 10.0 Å². The van der Waals surface area contributed by atoms with Crippen LogP contribution in [0.15, 0.2) is 32.3 Å². The Morgan fingerprint density at radius 2 is 1.81 bits per heavy atom. The zero-order chi connectivity index (χ0) is 15.8. The van der Waals surface area contributed by atoms with Crippen molar-refractivity contribution < 1.29 is 8.42 Å². The predicted octanol–water partition coefficient (Wildman–Crippen LogP) is 3.99. The highest BCUT2D eigenvalue weighted by Crippen LogP contribution is 2.32. The first-order valence-corrected chi connectivity index (χ1v) is 9.36. The van der Waals surface area contributed by atoms with Gasteiger partial charge in [-0.2, -0.15) is 0 Å². The van der Waals surface area contributed by atoms with Gasteiger partial charge in [-0.3, -0.25) is 4.72 Å². The fraction of sp³-hybridized carbons (Fsp3) is 0.286. The molecule has 0 radical (unpaired) electrons. The van der Waals surface area contributed by atoms with Gasteiger partial charge in [0, 0.05) is 19.8 Å². The SMILES string of the molecule is Cc1cc(N(C)C)ccc1NS(=O)(=O)c1cc(C)c(Br)s1. The van der Waals surface area contributed by atoms with Crippen molar-refractivity contribution in [1.82, 2.24) is 0 Å². The monoisotopic (exact) mass is 388 g/mol. The molecule has 1 aromatic carbocycles. The van der Waals surface area contributed by atoms with E-state index in [-0.39, 0.29) is 0 Å². The van der Waals surface area contributed by atoms with Gasteiger partial charge >= 0.3 is 0 Å². The smallest absolute Gasteiger partial charge is 0.271 e. The van der Waals surface area contributed by atoms with Gasteiger partial charge in [0.15, 0.2) is 0 Å². The van der Waals surface area contributed by atoms with Crippen molar-refractivity contribution in [3.63, 3.8) is 0 Å². The molecule has 1 aromatic heterocycles. The Morgan fingerprint density at radius 3 is 2.29 bits per heavy atom. The predicted molar refractivity (Wildman–Crippen MR) is 93.1 cm³/mol. The van der Waals surface area contributed by atoms with Gasteiger partial charge in [-0.15, -0.1) is 11.3 Å². The molecule has 0 atom stereocenters. The van der Waals surface area contributed by atoms with Gasteiger partial charge in [0.25, 0.3) is 10.0 Å². The maximum absolute atomic E-state index is 12.4. The Hall–Kier alpha value is -1.05. The van der Waals surface area contributed by atoms with E-state index in [0.29, 0.717) is 9.90 Å². The molecular formula is C14H17BrN2O2S2. The van der Waals surface area contributed by atoms with Crippen molar-refractivity contribution in [2.24, 2.45) is 0 Å². The van der Waals surface area contributed by atoms with E-state index in [2.05, 4.69) is 20.7 Å². The van der Waals surface area contributed by atoms with Gasteiger partial charge in [-0.05, 0) is 65.2 Å². The van der Waals surface area contributed by atoms with Crippen molar-refractivity contribution in [3.05, 3.63) is 39.2 Å². The Bertz CT molecular complexity index is 748. The van der Waals surface area contributed by atoms with Gasteiger partial charge in [0.05, 0.1) is 9.47 Å². The van der Waals surface area contributed by atoms with Gasteiger partial charge in [0.1, 0.15) is 4.21 Å². The summed E-state index contributed by atoms with van der Waals surface area (Å²) in [5.41, 5.74) is 3.44. The van der Waals surface area contributed by atoms with Crippen LogP contribution in [0.2, 0.25) is 0 Å². The van der Waals surface area contributed by atoms with E-state index in [1.807, 2.05) is 45.0 Å². The number of hydrogen-bond donors (Lipinski definition) is 1. The number of nitrogens with one attached hydrogen (secondary N) is 1. The van der Waals surface area contributed by atoms with Crippen LogP contribution >= 0.6 is 27.3 Å². The highest BCUT2D eigenvalue weighted by molar-refractivity contribution is 9.11. The minimum Gasteiger partial charge on any atom is -0.378 e. The summed E-state index contributed by atoms with van der Waals surface area (Å²) in [6.07, 6.45) is 0. The standard InChI is InChI=1S/C14H17BrN2O2S2/c1-9-7-11(17(3)4)5-6-12(9)16-21(18,19)13-8-10(2)14(15)20-13/h5-8,16H,1-4H3. The van der Waals surface area contributed by atoms with Gasteiger partial charge in [0.2, 0.25) is 0 Å². The van der Waals surface area contributed by atoms with Gasteiger partial charge in [-0.25, -0.2) is 8.42 Å². The van der Waals surface area contributed by atoms with Crippen molar-refractivity contribution in [1.29, 1.82) is 0 Å². The number of rotatable bonds is 4. The second-order valence-corrected chi connectivity index (χ2v) is 9.30. The molecule has 0 amide bonds. The quantitative estimate of drug-likeness (QED) is 0.860. The van der Waals surface area contributed by atoms with Crippen molar-refractivity contribution in [2.75, 3.05) is 23.7 Å². The van der Waals surface area contributed by atoms with Gasteiger partial charge in [-0.1, -0.05) is 0 Å². The molecule has 2 aromatic rings. The lowest BCUT2D eigenvalue weighted by atomic mass is 10.2. The summed E-state index contributed by atoms with van der Waals surface area (Å²) in [4.78, 5) is 1.98. The molecule has 2 rings (SSSR count). The summed E-state index contributed by atoms with van der Waals surface area (Å²) in [5, 5.41) is 0. The highest BCUT2D eigenvalue weighted by atomic mass is 79.9. The molecule has 114 valence electrons. The Labute approximate surface area is 138 Å². The summed E-state index contributed by atoms with van der Waals surface area (Å²) in [5.74, 6) is 0. The number of anilines is 2. The molecule has 1 heterocycles. The van der Waals surface area contributed by atoms with Crippen LogP contribution in [0.25, 0.3) is 0 Å². The number of nitrogens with zero attached hydrogens (tertiary/aromatic N) is 1. The molecule has 21 heavy (non-hydrogen) atoms. The normalized spacial score (nSPS) is 11.5. The minimum absolute atomic E-state index is 0.308. The molecule has 7 heteroatoms. The third-order valence-corrected chi connectivity index (χ3v) is 7.05. The number of aryl methyl sites for hydroxylation is 2. The molecule has 0 unspecified atom stereocenters. The molecule has 0 spiro atoms.